The molecule has 0 amide bonds. The molecule has 0 atom stereocenters. The minimum Gasteiger partial charge on any atom is -0.467 e. The second-order valence-electron chi connectivity index (χ2n) is 6.93. The minimum atomic E-state index is 0.116. The number of rotatable bonds is 9. The highest BCUT2D eigenvalue weighted by Gasteiger charge is 2.17. The van der Waals surface area contributed by atoms with Crippen molar-refractivity contribution in [3.8, 4) is 45.1 Å². The van der Waals surface area contributed by atoms with Crippen LogP contribution in [0.15, 0.2) is 85.2 Å². The molecule has 6 heteroatoms. The van der Waals surface area contributed by atoms with Crippen LogP contribution in [0, 0.1) is 0 Å². The van der Waals surface area contributed by atoms with E-state index >= 15 is 0 Å². The summed E-state index contributed by atoms with van der Waals surface area (Å²) in [5.74, 6) is 1.40. The van der Waals surface area contributed by atoms with Gasteiger partial charge in [0, 0.05) is 48.9 Å². The first-order chi connectivity index (χ1) is 15.8. The van der Waals surface area contributed by atoms with Crippen LogP contribution in [0.2, 0.25) is 0 Å². The lowest BCUT2D eigenvalue weighted by atomic mass is 9.97. The smallest absolute Gasteiger partial charge is 0.188 e. The molecule has 2 aromatic carbocycles. The number of para-hydroxylation sites is 2. The molecule has 2 aromatic heterocycles. The SMILES string of the molecule is COCOc1ccccc1-c1cccc(-c2ccc(-c3ccccn3)nc2)c1OCOC. The van der Waals surface area contributed by atoms with E-state index in [1.807, 2.05) is 79.0 Å². The lowest BCUT2D eigenvalue weighted by Crippen LogP contribution is -2.04. The molecule has 4 aromatic rings. The number of methoxy groups -OCH3 is 2. The molecule has 0 saturated carbocycles. The number of hydrogen-bond donors (Lipinski definition) is 0. The first kappa shape index (κ1) is 21.5. The highest BCUT2D eigenvalue weighted by molar-refractivity contribution is 5.84. The van der Waals surface area contributed by atoms with Gasteiger partial charge >= 0.3 is 0 Å². The molecule has 6 nitrogen and oxygen atoms in total. The Morgan fingerprint density at radius 2 is 1.34 bits per heavy atom. The van der Waals surface area contributed by atoms with Gasteiger partial charge in [0.25, 0.3) is 0 Å². The molecule has 4 rings (SSSR count). The zero-order valence-electron chi connectivity index (χ0n) is 18.0. The van der Waals surface area contributed by atoms with E-state index in [1.54, 1.807) is 20.4 Å². The summed E-state index contributed by atoms with van der Waals surface area (Å²) in [6.07, 6.45) is 3.59. The molecule has 2 heterocycles. The number of aromatic nitrogens is 2. The molecular formula is C26H24N2O4. The third kappa shape index (κ3) is 4.77. The molecule has 0 fully saturated rings. The summed E-state index contributed by atoms with van der Waals surface area (Å²) in [5.41, 5.74) is 5.25. The van der Waals surface area contributed by atoms with Crippen LogP contribution in [0.4, 0.5) is 0 Å². The summed E-state index contributed by atoms with van der Waals surface area (Å²) >= 11 is 0. The van der Waals surface area contributed by atoms with E-state index in [0.29, 0.717) is 11.5 Å². The van der Waals surface area contributed by atoms with Crippen LogP contribution in [0.1, 0.15) is 0 Å². The predicted molar refractivity (Wildman–Crippen MR) is 123 cm³/mol. The van der Waals surface area contributed by atoms with Gasteiger partial charge in [0.2, 0.25) is 0 Å². The summed E-state index contributed by atoms with van der Waals surface area (Å²) in [4.78, 5) is 8.99. The lowest BCUT2D eigenvalue weighted by Gasteiger charge is -2.18. The first-order valence-electron chi connectivity index (χ1n) is 10.2. The molecular weight excluding hydrogens is 404 g/mol. The van der Waals surface area contributed by atoms with E-state index < -0.39 is 0 Å². The van der Waals surface area contributed by atoms with Gasteiger partial charge in [-0.05, 0) is 24.3 Å². The zero-order valence-corrected chi connectivity index (χ0v) is 18.0. The van der Waals surface area contributed by atoms with Crippen LogP contribution in [-0.4, -0.2) is 37.8 Å². The van der Waals surface area contributed by atoms with Crippen molar-refractivity contribution in [2.45, 2.75) is 0 Å². The fraction of sp³-hybridized carbons (Fsp3) is 0.154. The number of benzene rings is 2. The van der Waals surface area contributed by atoms with Gasteiger partial charge < -0.3 is 18.9 Å². The highest BCUT2D eigenvalue weighted by Crippen LogP contribution is 2.42. The summed E-state index contributed by atoms with van der Waals surface area (Å²) in [7, 11) is 3.19. The van der Waals surface area contributed by atoms with Crippen LogP contribution in [0.3, 0.4) is 0 Å². The van der Waals surface area contributed by atoms with Gasteiger partial charge in [-0.1, -0.05) is 48.5 Å². The van der Waals surface area contributed by atoms with Gasteiger partial charge in [-0.3, -0.25) is 9.97 Å². The summed E-state index contributed by atoms with van der Waals surface area (Å²) in [6.45, 7) is 0.272. The number of nitrogens with zero attached hydrogens (tertiary/aromatic N) is 2. The average Bonchev–Trinajstić information content (AvgIpc) is 2.87. The highest BCUT2D eigenvalue weighted by atomic mass is 16.7. The fourth-order valence-corrected chi connectivity index (χ4v) is 3.41. The van der Waals surface area contributed by atoms with E-state index in [0.717, 1.165) is 33.6 Å². The van der Waals surface area contributed by atoms with Crippen molar-refractivity contribution in [2.24, 2.45) is 0 Å². The monoisotopic (exact) mass is 428 g/mol. The molecule has 0 aliphatic heterocycles. The van der Waals surface area contributed by atoms with Gasteiger partial charge in [0.15, 0.2) is 13.6 Å². The van der Waals surface area contributed by atoms with Crippen molar-refractivity contribution in [2.75, 3.05) is 27.8 Å². The minimum absolute atomic E-state index is 0.116. The molecule has 0 N–H and O–H groups in total. The predicted octanol–water partition coefficient (Wildman–Crippen LogP) is 5.44. The summed E-state index contributed by atoms with van der Waals surface area (Å²) in [5, 5.41) is 0. The Labute approximate surface area is 187 Å². The van der Waals surface area contributed by atoms with E-state index in [4.69, 9.17) is 18.9 Å². The number of pyridine rings is 2. The molecule has 0 aliphatic rings. The van der Waals surface area contributed by atoms with Crippen LogP contribution in [-0.2, 0) is 9.47 Å². The Morgan fingerprint density at radius 1 is 0.625 bits per heavy atom. The van der Waals surface area contributed by atoms with Crippen molar-refractivity contribution in [3.05, 3.63) is 85.2 Å². The fourth-order valence-electron chi connectivity index (χ4n) is 3.41. The van der Waals surface area contributed by atoms with E-state index in [1.165, 1.54) is 0 Å². The van der Waals surface area contributed by atoms with Crippen molar-refractivity contribution in [1.82, 2.24) is 9.97 Å². The Bertz CT molecular complexity index is 1150. The standard InChI is InChI=1S/C26H24N2O4/c1-29-17-31-25-12-4-3-8-21(25)22-10-7-9-20(26(22)32-18-30-2)19-13-14-24(28-16-19)23-11-5-6-15-27-23/h3-16H,17-18H2,1-2H3. The third-order valence-corrected chi connectivity index (χ3v) is 4.85. The Hall–Kier alpha value is -3.74. The normalized spacial score (nSPS) is 10.7. The maximum absolute atomic E-state index is 6.05. The van der Waals surface area contributed by atoms with Gasteiger partial charge in [-0.15, -0.1) is 0 Å². The molecule has 0 aliphatic carbocycles. The van der Waals surface area contributed by atoms with Crippen LogP contribution >= 0.6 is 0 Å². The van der Waals surface area contributed by atoms with Gasteiger partial charge in [-0.25, -0.2) is 0 Å². The van der Waals surface area contributed by atoms with E-state index in [2.05, 4.69) is 9.97 Å². The zero-order chi connectivity index (χ0) is 22.2. The molecule has 32 heavy (non-hydrogen) atoms. The maximum Gasteiger partial charge on any atom is 0.188 e. The second kappa shape index (κ2) is 10.5. The average molecular weight is 428 g/mol. The number of hydrogen-bond acceptors (Lipinski definition) is 6. The summed E-state index contributed by atoms with van der Waals surface area (Å²) < 4.78 is 22.1. The van der Waals surface area contributed by atoms with Crippen LogP contribution < -0.4 is 9.47 Å². The molecule has 162 valence electrons. The van der Waals surface area contributed by atoms with Gasteiger partial charge in [0.05, 0.1) is 11.4 Å². The van der Waals surface area contributed by atoms with Crippen molar-refractivity contribution in [3.63, 3.8) is 0 Å². The molecule has 0 bridgehead atoms. The van der Waals surface area contributed by atoms with E-state index in [9.17, 15) is 0 Å². The molecule has 0 saturated heterocycles. The molecule has 0 radical (unpaired) electrons. The van der Waals surface area contributed by atoms with E-state index in [-0.39, 0.29) is 13.6 Å². The van der Waals surface area contributed by atoms with Crippen molar-refractivity contribution in [1.29, 1.82) is 0 Å². The Morgan fingerprint density at radius 3 is 2.09 bits per heavy atom. The molecule has 0 spiro atoms. The second-order valence-corrected chi connectivity index (χ2v) is 6.93. The third-order valence-electron chi connectivity index (χ3n) is 4.85. The van der Waals surface area contributed by atoms with Crippen LogP contribution in [0.25, 0.3) is 33.6 Å². The summed E-state index contributed by atoms with van der Waals surface area (Å²) in [6, 6.07) is 23.5. The lowest BCUT2D eigenvalue weighted by molar-refractivity contribution is 0.0502. The quantitative estimate of drug-likeness (QED) is 0.331. The Kier molecular flexibility index (Phi) is 7.07. The van der Waals surface area contributed by atoms with Gasteiger partial charge in [-0.2, -0.15) is 0 Å². The largest absolute Gasteiger partial charge is 0.467 e. The topological polar surface area (TPSA) is 62.7 Å². The van der Waals surface area contributed by atoms with Crippen LogP contribution in [0.5, 0.6) is 11.5 Å². The Balaban J connectivity index is 1.77. The van der Waals surface area contributed by atoms with Crippen molar-refractivity contribution >= 4 is 0 Å². The van der Waals surface area contributed by atoms with Gasteiger partial charge in [0.1, 0.15) is 11.5 Å². The first-order valence-corrected chi connectivity index (χ1v) is 10.2. The van der Waals surface area contributed by atoms with Crippen molar-refractivity contribution < 1.29 is 18.9 Å². The number of ether oxygens (including phenoxy) is 4. The maximum atomic E-state index is 6.05. The molecule has 0 unspecified atom stereocenters.